The second-order valence-corrected chi connectivity index (χ2v) is 6.38. The summed E-state index contributed by atoms with van der Waals surface area (Å²) in [6.45, 7) is 4.88. The third kappa shape index (κ3) is 4.49. The topological polar surface area (TPSA) is 85.9 Å². The molecule has 0 amide bonds. The van der Waals surface area contributed by atoms with Crippen molar-refractivity contribution in [1.82, 2.24) is 10.0 Å². The molecule has 1 atom stereocenters. The van der Waals surface area contributed by atoms with Crippen LogP contribution in [-0.4, -0.2) is 48.9 Å². The molecule has 0 saturated heterocycles. The van der Waals surface area contributed by atoms with Gasteiger partial charge in [0.1, 0.15) is 17.2 Å². The molecule has 0 unspecified atom stereocenters. The van der Waals surface area contributed by atoms with Crippen LogP contribution in [0, 0.1) is 0 Å². The van der Waals surface area contributed by atoms with E-state index in [-0.39, 0.29) is 29.0 Å². The minimum Gasteiger partial charge on any atom is -0.496 e. The molecule has 0 aromatic heterocycles. The monoisotopic (exact) mass is 332 g/mol. The summed E-state index contributed by atoms with van der Waals surface area (Å²) in [4.78, 5) is -0.0398. The van der Waals surface area contributed by atoms with Gasteiger partial charge in [-0.15, -0.1) is 0 Å². The fourth-order valence-corrected chi connectivity index (χ4v) is 3.39. The molecule has 7 nitrogen and oxygen atoms in total. The Bertz CT molecular complexity index is 564. The molecule has 2 N–H and O–H groups in total. The van der Waals surface area contributed by atoms with Gasteiger partial charge in [-0.3, -0.25) is 0 Å². The van der Waals surface area contributed by atoms with Crippen molar-refractivity contribution in [3.63, 3.8) is 0 Å². The molecule has 0 fully saturated rings. The minimum atomic E-state index is -3.78. The van der Waals surface area contributed by atoms with Gasteiger partial charge >= 0.3 is 0 Å². The second kappa shape index (κ2) is 8.21. The smallest absolute Gasteiger partial charge is 0.248 e. The van der Waals surface area contributed by atoms with Crippen LogP contribution in [0.15, 0.2) is 17.0 Å². The van der Waals surface area contributed by atoms with Gasteiger partial charge < -0.3 is 19.5 Å². The zero-order valence-corrected chi connectivity index (χ0v) is 14.4. The van der Waals surface area contributed by atoms with E-state index in [1.54, 1.807) is 0 Å². The van der Waals surface area contributed by atoms with Crippen molar-refractivity contribution in [2.45, 2.75) is 24.8 Å². The van der Waals surface area contributed by atoms with E-state index in [4.69, 9.17) is 14.2 Å². The molecule has 0 spiro atoms. The largest absolute Gasteiger partial charge is 0.496 e. The van der Waals surface area contributed by atoms with Crippen LogP contribution < -0.4 is 24.2 Å². The molecular formula is C14H24N2O5S. The molecule has 0 bridgehead atoms. The van der Waals surface area contributed by atoms with Gasteiger partial charge in [-0.05, 0) is 13.5 Å². The highest BCUT2D eigenvalue weighted by Gasteiger charge is 2.26. The van der Waals surface area contributed by atoms with Crippen molar-refractivity contribution in [3.8, 4) is 17.2 Å². The molecule has 0 aliphatic carbocycles. The zero-order chi connectivity index (χ0) is 16.8. The first kappa shape index (κ1) is 18.5. The molecule has 0 saturated carbocycles. The van der Waals surface area contributed by atoms with Gasteiger partial charge in [-0.25, -0.2) is 13.1 Å². The average Bonchev–Trinajstić information content (AvgIpc) is 2.51. The highest BCUT2D eigenvalue weighted by atomic mass is 32.2. The number of likely N-dealkylation sites (N-methyl/N-ethyl adjacent to an activating group) is 1. The number of methoxy groups -OCH3 is 3. The number of sulfonamides is 1. The summed E-state index contributed by atoms with van der Waals surface area (Å²) in [7, 11) is 0.500. The van der Waals surface area contributed by atoms with Gasteiger partial charge in [0, 0.05) is 24.7 Å². The maximum Gasteiger partial charge on any atom is 0.248 e. The fourth-order valence-electron chi connectivity index (χ4n) is 1.97. The first-order valence-electron chi connectivity index (χ1n) is 6.92. The van der Waals surface area contributed by atoms with E-state index in [0.717, 1.165) is 6.54 Å². The van der Waals surface area contributed by atoms with Crippen molar-refractivity contribution in [2.75, 3.05) is 34.4 Å². The van der Waals surface area contributed by atoms with E-state index < -0.39 is 10.0 Å². The average molecular weight is 332 g/mol. The second-order valence-electron chi connectivity index (χ2n) is 4.67. The number of ether oxygens (including phenoxy) is 3. The summed E-state index contributed by atoms with van der Waals surface area (Å²) in [5.74, 6) is 0.785. The standard InChI is InChI=1S/C14H24N2O5S/c1-6-15-10(2)9-16-22(17,18)14-12(20-4)7-11(19-3)8-13(14)21-5/h7-8,10,15-16H,6,9H2,1-5H3/t10-/m1/s1. The third-order valence-corrected chi connectivity index (χ3v) is 4.56. The van der Waals surface area contributed by atoms with Crippen molar-refractivity contribution < 1.29 is 22.6 Å². The molecule has 8 heteroatoms. The van der Waals surface area contributed by atoms with Gasteiger partial charge in [0.15, 0.2) is 4.90 Å². The Morgan fingerprint density at radius 1 is 1.09 bits per heavy atom. The maximum atomic E-state index is 12.6. The van der Waals surface area contributed by atoms with E-state index in [1.807, 2.05) is 13.8 Å². The summed E-state index contributed by atoms with van der Waals surface area (Å²) < 4.78 is 43.1. The number of rotatable bonds is 9. The SMILES string of the molecule is CCN[C@H](C)CNS(=O)(=O)c1c(OC)cc(OC)cc1OC. The van der Waals surface area contributed by atoms with Crippen LogP contribution in [0.4, 0.5) is 0 Å². The Kier molecular flexibility index (Phi) is 6.92. The summed E-state index contributed by atoms with van der Waals surface area (Å²) in [5.41, 5.74) is 0. The van der Waals surface area contributed by atoms with Crippen LogP contribution in [0.2, 0.25) is 0 Å². The van der Waals surface area contributed by atoms with Crippen LogP contribution in [0.3, 0.4) is 0 Å². The number of hydrogen-bond acceptors (Lipinski definition) is 6. The molecule has 1 aromatic rings. The lowest BCUT2D eigenvalue weighted by molar-refractivity contribution is 0.358. The summed E-state index contributed by atoms with van der Waals surface area (Å²) in [6, 6.07) is 3.02. The molecule has 1 rings (SSSR count). The quantitative estimate of drug-likeness (QED) is 0.701. The molecule has 0 radical (unpaired) electrons. The van der Waals surface area contributed by atoms with Crippen LogP contribution in [-0.2, 0) is 10.0 Å². The lowest BCUT2D eigenvalue weighted by Crippen LogP contribution is -2.38. The highest BCUT2D eigenvalue weighted by Crippen LogP contribution is 2.37. The minimum absolute atomic E-state index is 0.00927. The molecule has 22 heavy (non-hydrogen) atoms. The van der Waals surface area contributed by atoms with Crippen LogP contribution in [0.1, 0.15) is 13.8 Å². The van der Waals surface area contributed by atoms with Crippen molar-refractivity contribution in [3.05, 3.63) is 12.1 Å². The van der Waals surface area contributed by atoms with E-state index in [2.05, 4.69) is 10.0 Å². The zero-order valence-electron chi connectivity index (χ0n) is 13.6. The Hall–Kier alpha value is -1.51. The number of hydrogen-bond donors (Lipinski definition) is 2. The maximum absolute atomic E-state index is 12.6. The van der Waals surface area contributed by atoms with Crippen molar-refractivity contribution in [1.29, 1.82) is 0 Å². The normalized spacial score (nSPS) is 12.8. The number of benzene rings is 1. The lowest BCUT2D eigenvalue weighted by Gasteiger charge is -2.17. The first-order valence-corrected chi connectivity index (χ1v) is 8.41. The van der Waals surface area contributed by atoms with Crippen molar-refractivity contribution >= 4 is 10.0 Å². The summed E-state index contributed by atoms with van der Waals surface area (Å²) >= 11 is 0. The van der Waals surface area contributed by atoms with Gasteiger partial charge in [0.05, 0.1) is 21.3 Å². The Labute approximate surface area is 132 Å². The first-order chi connectivity index (χ1) is 10.4. The van der Waals surface area contributed by atoms with Gasteiger partial charge in [0.2, 0.25) is 10.0 Å². The highest BCUT2D eigenvalue weighted by molar-refractivity contribution is 7.89. The van der Waals surface area contributed by atoms with E-state index >= 15 is 0 Å². The van der Waals surface area contributed by atoms with E-state index in [0.29, 0.717) is 5.75 Å². The van der Waals surface area contributed by atoms with Crippen LogP contribution >= 0.6 is 0 Å². The molecule has 126 valence electrons. The lowest BCUT2D eigenvalue weighted by atomic mass is 10.3. The third-order valence-electron chi connectivity index (χ3n) is 3.07. The fraction of sp³-hybridized carbons (Fsp3) is 0.571. The number of nitrogens with one attached hydrogen (secondary N) is 2. The Balaban J connectivity index is 3.17. The van der Waals surface area contributed by atoms with E-state index in [1.165, 1.54) is 33.5 Å². The van der Waals surface area contributed by atoms with Crippen LogP contribution in [0.5, 0.6) is 17.2 Å². The summed E-state index contributed by atoms with van der Waals surface area (Å²) in [6.07, 6.45) is 0. The van der Waals surface area contributed by atoms with Crippen molar-refractivity contribution in [2.24, 2.45) is 0 Å². The van der Waals surface area contributed by atoms with E-state index in [9.17, 15) is 8.42 Å². The van der Waals surface area contributed by atoms with Crippen LogP contribution in [0.25, 0.3) is 0 Å². The molecule has 0 aliphatic rings. The predicted molar refractivity (Wildman–Crippen MR) is 84.4 cm³/mol. The molecule has 0 heterocycles. The Morgan fingerprint density at radius 2 is 1.64 bits per heavy atom. The van der Waals surface area contributed by atoms with Gasteiger partial charge in [-0.1, -0.05) is 6.92 Å². The summed E-state index contributed by atoms with van der Waals surface area (Å²) in [5, 5.41) is 3.14. The van der Waals surface area contributed by atoms with Gasteiger partial charge in [-0.2, -0.15) is 0 Å². The predicted octanol–water partition coefficient (Wildman–Crippen LogP) is 0.989. The molecule has 1 aromatic carbocycles. The van der Waals surface area contributed by atoms with Gasteiger partial charge in [0.25, 0.3) is 0 Å². The Morgan fingerprint density at radius 3 is 2.05 bits per heavy atom. The molecular weight excluding hydrogens is 308 g/mol. The molecule has 0 aliphatic heterocycles.